The van der Waals surface area contributed by atoms with E-state index >= 15 is 0 Å². The zero-order chi connectivity index (χ0) is 20.2. The third-order valence-corrected chi connectivity index (χ3v) is 5.60. The van der Waals surface area contributed by atoms with Crippen molar-refractivity contribution in [3.8, 4) is 6.01 Å². The van der Waals surface area contributed by atoms with E-state index in [0.717, 1.165) is 23.8 Å². The van der Waals surface area contributed by atoms with Crippen LogP contribution in [-0.4, -0.2) is 48.7 Å². The van der Waals surface area contributed by atoms with Gasteiger partial charge in [0.25, 0.3) is 11.6 Å². The first-order valence-electron chi connectivity index (χ1n) is 9.89. The molecule has 3 heterocycles. The Morgan fingerprint density at radius 2 is 1.86 bits per heavy atom. The molecule has 9 nitrogen and oxygen atoms in total. The van der Waals surface area contributed by atoms with E-state index in [1.807, 2.05) is 4.90 Å². The number of hydrogen-bond donors (Lipinski definition) is 0. The standard InChI is InChI=1S/C19H27N5O4/c1-11(2)7-8-24-14-15(21(3)19(27)22(4)17(14)26)20-18(24)28-13-9-23(10-13)16(25)12-5-6-12/h11-13H,5-10H2,1-4H3. The number of ether oxygens (including phenoxy) is 1. The number of fused-ring (bicyclic) bond motifs is 1. The maximum Gasteiger partial charge on any atom is 0.332 e. The second-order valence-corrected chi connectivity index (χ2v) is 8.36. The average molecular weight is 389 g/mol. The molecule has 152 valence electrons. The number of imidazole rings is 1. The molecule has 0 aromatic carbocycles. The zero-order valence-electron chi connectivity index (χ0n) is 16.8. The van der Waals surface area contributed by atoms with Crippen LogP contribution in [0.4, 0.5) is 0 Å². The van der Waals surface area contributed by atoms with Crippen molar-refractivity contribution < 1.29 is 9.53 Å². The number of hydrogen-bond acceptors (Lipinski definition) is 5. The Hall–Kier alpha value is -2.58. The molecule has 0 radical (unpaired) electrons. The summed E-state index contributed by atoms with van der Waals surface area (Å²) in [5, 5.41) is 0. The summed E-state index contributed by atoms with van der Waals surface area (Å²) in [6, 6.07) is 0.345. The van der Waals surface area contributed by atoms with Gasteiger partial charge >= 0.3 is 5.69 Å². The van der Waals surface area contributed by atoms with E-state index in [4.69, 9.17) is 4.74 Å². The van der Waals surface area contributed by atoms with Crippen LogP contribution in [0.5, 0.6) is 6.01 Å². The molecule has 0 N–H and O–H groups in total. The van der Waals surface area contributed by atoms with Gasteiger partial charge in [0.2, 0.25) is 5.91 Å². The Kier molecular flexibility index (Phi) is 4.55. The number of nitrogens with zero attached hydrogens (tertiary/aromatic N) is 5. The van der Waals surface area contributed by atoms with Gasteiger partial charge in [-0.2, -0.15) is 4.98 Å². The predicted molar refractivity (Wildman–Crippen MR) is 103 cm³/mol. The van der Waals surface area contributed by atoms with Crippen LogP contribution >= 0.6 is 0 Å². The van der Waals surface area contributed by atoms with Crippen molar-refractivity contribution >= 4 is 17.1 Å². The SMILES string of the molecule is CC(C)CCn1c(OC2CN(C(=O)C3CC3)C2)nc2c1c(=O)n(C)c(=O)n2C. The molecule has 2 aromatic rings. The Morgan fingerprint density at radius 3 is 2.46 bits per heavy atom. The highest BCUT2D eigenvalue weighted by molar-refractivity contribution is 5.81. The Balaban J connectivity index is 1.65. The van der Waals surface area contributed by atoms with E-state index in [1.54, 1.807) is 11.6 Å². The summed E-state index contributed by atoms with van der Waals surface area (Å²) >= 11 is 0. The van der Waals surface area contributed by atoms with Gasteiger partial charge in [-0.25, -0.2) is 4.79 Å². The van der Waals surface area contributed by atoms with Crippen molar-refractivity contribution in [1.82, 2.24) is 23.6 Å². The van der Waals surface area contributed by atoms with Gasteiger partial charge in [0.15, 0.2) is 11.2 Å². The minimum atomic E-state index is -0.414. The molecule has 9 heteroatoms. The first-order chi connectivity index (χ1) is 13.3. The monoisotopic (exact) mass is 389 g/mol. The van der Waals surface area contributed by atoms with Gasteiger partial charge in [-0.15, -0.1) is 0 Å². The van der Waals surface area contributed by atoms with Crippen LogP contribution in [0.25, 0.3) is 11.2 Å². The fourth-order valence-corrected chi connectivity index (χ4v) is 3.54. The fourth-order valence-electron chi connectivity index (χ4n) is 3.54. The maximum absolute atomic E-state index is 12.8. The van der Waals surface area contributed by atoms with Crippen molar-refractivity contribution in [2.45, 2.75) is 45.8 Å². The summed E-state index contributed by atoms with van der Waals surface area (Å²) in [5.41, 5.74) is -0.0756. The van der Waals surface area contributed by atoms with E-state index in [1.165, 1.54) is 11.6 Å². The number of amides is 1. The molecule has 28 heavy (non-hydrogen) atoms. The van der Waals surface area contributed by atoms with Gasteiger partial charge < -0.3 is 9.64 Å². The maximum atomic E-state index is 12.8. The minimum Gasteiger partial charge on any atom is -0.458 e. The molecular formula is C19H27N5O4. The Bertz CT molecular complexity index is 1040. The third kappa shape index (κ3) is 3.12. The largest absolute Gasteiger partial charge is 0.458 e. The number of rotatable bonds is 6. The highest BCUT2D eigenvalue weighted by Crippen LogP contribution is 2.33. The van der Waals surface area contributed by atoms with E-state index in [0.29, 0.717) is 42.7 Å². The molecule has 0 unspecified atom stereocenters. The second kappa shape index (κ2) is 6.79. The number of aryl methyl sites for hydroxylation is 2. The number of aromatic nitrogens is 4. The van der Waals surface area contributed by atoms with Gasteiger partial charge in [-0.05, 0) is 25.2 Å². The van der Waals surface area contributed by atoms with Crippen molar-refractivity contribution in [3.05, 3.63) is 20.8 Å². The Morgan fingerprint density at radius 1 is 1.18 bits per heavy atom. The highest BCUT2D eigenvalue weighted by atomic mass is 16.5. The van der Waals surface area contributed by atoms with Crippen LogP contribution in [0, 0.1) is 11.8 Å². The van der Waals surface area contributed by atoms with Gasteiger partial charge in [0.1, 0.15) is 6.10 Å². The summed E-state index contributed by atoms with van der Waals surface area (Å²) in [6.07, 6.45) is 2.69. The molecule has 1 saturated carbocycles. The predicted octanol–water partition coefficient (Wildman–Crippen LogP) is 0.479. The number of likely N-dealkylation sites (tertiary alicyclic amines) is 1. The first-order valence-corrected chi connectivity index (χ1v) is 9.89. The smallest absolute Gasteiger partial charge is 0.332 e. The van der Waals surface area contributed by atoms with Gasteiger partial charge in [-0.3, -0.25) is 23.3 Å². The average Bonchev–Trinajstić information content (AvgIpc) is 3.40. The lowest BCUT2D eigenvalue weighted by molar-refractivity contribution is -0.141. The molecule has 2 aliphatic rings. The lowest BCUT2D eigenvalue weighted by Crippen LogP contribution is -2.56. The molecule has 1 saturated heterocycles. The Labute approximate surface area is 162 Å². The molecule has 1 aliphatic heterocycles. The van der Waals surface area contributed by atoms with Crippen molar-refractivity contribution in [2.24, 2.45) is 25.9 Å². The minimum absolute atomic E-state index is 0.141. The second-order valence-electron chi connectivity index (χ2n) is 8.36. The summed E-state index contributed by atoms with van der Waals surface area (Å²) < 4.78 is 10.3. The molecule has 1 aliphatic carbocycles. The molecule has 0 atom stereocenters. The van der Waals surface area contributed by atoms with E-state index in [-0.39, 0.29) is 23.5 Å². The zero-order valence-corrected chi connectivity index (χ0v) is 16.8. The van der Waals surface area contributed by atoms with Crippen LogP contribution in [0.1, 0.15) is 33.1 Å². The highest BCUT2D eigenvalue weighted by Gasteiger charge is 2.40. The molecule has 2 aromatic heterocycles. The van der Waals surface area contributed by atoms with Crippen LogP contribution in [-0.2, 0) is 25.4 Å². The topological polar surface area (TPSA) is 91.4 Å². The molecule has 0 spiro atoms. The number of carbonyl (C=O) groups excluding carboxylic acids is 1. The van der Waals surface area contributed by atoms with Crippen LogP contribution in [0.3, 0.4) is 0 Å². The molecule has 4 rings (SSSR count). The summed E-state index contributed by atoms with van der Waals surface area (Å²) in [7, 11) is 3.07. The number of carbonyl (C=O) groups is 1. The van der Waals surface area contributed by atoms with E-state index < -0.39 is 5.69 Å². The summed E-state index contributed by atoms with van der Waals surface area (Å²) in [5.74, 6) is 0.857. The lowest BCUT2D eigenvalue weighted by atomic mass is 10.1. The van der Waals surface area contributed by atoms with Crippen LogP contribution < -0.4 is 16.0 Å². The van der Waals surface area contributed by atoms with E-state index in [2.05, 4.69) is 18.8 Å². The van der Waals surface area contributed by atoms with E-state index in [9.17, 15) is 14.4 Å². The van der Waals surface area contributed by atoms with Crippen molar-refractivity contribution in [1.29, 1.82) is 0 Å². The molecule has 1 amide bonds. The molecule has 0 bridgehead atoms. The lowest BCUT2D eigenvalue weighted by Gasteiger charge is -2.38. The summed E-state index contributed by atoms with van der Waals surface area (Å²) in [6.45, 7) is 5.88. The first kappa shape index (κ1) is 18.8. The van der Waals surface area contributed by atoms with Gasteiger partial charge in [0, 0.05) is 26.6 Å². The fraction of sp³-hybridized carbons (Fsp3) is 0.684. The van der Waals surface area contributed by atoms with Crippen molar-refractivity contribution in [3.63, 3.8) is 0 Å². The van der Waals surface area contributed by atoms with Crippen LogP contribution in [0.2, 0.25) is 0 Å². The third-order valence-electron chi connectivity index (χ3n) is 5.60. The normalized spacial score (nSPS) is 17.4. The van der Waals surface area contributed by atoms with Gasteiger partial charge in [-0.1, -0.05) is 13.8 Å². The molecule has 2 fully saturated rings. The quantitative estimate of drug-likeness (QED) is 0.717. The van der Waals surface area contributed by atoms with Gasteiger partial charge in [0.05, 0.1) is 13.1 Å². The summed E-state index contributed by atoms with van der Waals surface area (Å²) in [4.78, 5) is 43.4. The van der Waals surface area contributed by atoms with Crippen LogP contribution in [0.15, 0.2) is 9.59 Å². The van der Waals surface area contributed by atoms with Crippen molar-refractivity contribution in [2.75, 3.05) is 13.1 Å². The molecular weight excluding hydrogens is 362 g/mol.